The van der Waals surface area contributed by atoms with Crippen LogP contribution in [0.5, 0.6) is 11.6 Å². The van der Waals surface area contributed by atoms with E-state index in [2.05, 4.69) is 20.5 Å². The maximum atomic E-state index is 14.0. The summed E-state index contributed by atoms with van der Waals surface area (Å²) in [5.41, 5.74) is 2.22. The molecule has 0 radical (unpaired) electrons. The third-order valence-corrected chi connectivity index (χ3v) is 4.67. The summed E-state index contributed by atoms with van der Waals surface area (Å²) < 4.78 is 32.7. The zero-order chi connectivity index (χ0) is 21.3. The highest BCUT2D eigenvalue weighted by Crippen LogP contribution is 2.37. The molecule has 2 heterocycles. The van der Waals surface area contributed by atoms with Gasteiger partial charge in [0.1, 0.15) is 5.82 Å². The van der Waals surface area contributed by atoms with Gasteiger partial charge < -0.3 is 15.2 Å². The predicted octanol–water partition coefficient (Wildman–Crippen LogP) is 5.14. The molecule has 3 N–H and O–H groups in total. The molecule has 9 heteroatoms. The minimum absolute atomic E-state index is 0.0540. The van der Waals surface area contributed by atoms with Crippen LogP contribution in [0.3, 0.4) is 0 Å². The lowest BCUT2D eigenvalue weighted by molar-refractivity contribution is 0.208. The minimum Gasteiger partial charge on any atom is -0.436 e. The molecule has 0 saturated carbocycles. The first-order chi connectivity index (χ1) is 14.4. The van der Waals surface area contributed by atoms with Crippen molar-refractivity contribution in [2.45, 2.75) is 13.0 Å². The average Bonchev–Trinajstić information content (AvgIpc) is 3.12. The highest BCUT2D eigenvalue weighted by atomic mass is 35.5. The Kier molecular flexibility index (Phi) is 5.52. The molecule has 0 bridgehead atoms. The molecule has 4 aromatic rings. The molecule has 0 aliphatic carbocycles. The van der Waals surface area contributed by atoms with Crippen LogP contribution in [-0.2, 0) is 0 Å². The molecule has 154 valence electrons. The fourth-order valence-electron chi connectivity index (χ4n) is 2.98. The summed E-state index contributed by atoms with van der Waals surface area (Å²) in [6.45, 7) is 1.89. The van der Waals surface area contributed by atoms with Gasteiger partial charge in [-0.25, -0.2) is 8.78 Å². The summed E-state index contributed by atoms with van der Waals surface area (Å²) in [6, 6.07) is 11.8. The van der Waals surface area contributed by atoms with E-state index in [9.17, 15) is 13.9 Å². The lowest BCUT2D eigenvalue weighted by atomic mass is 10.1. The van der Waals surface area contributed by atoms with Gasteiger partial charge in [0.05, 0.1) is 22.9 Å². The number of pyridine rings is 1. The molecule has 30 heavy (non-hydrogen) atoms. The fraction of sp³-hybridized carbons (Fsp3) is 0.143. The number of benzene rings is 2. The van der Waals surface area contributed by atoms with Crippen LogP contribution in [0, 0.1) is 11.6 Å². The van der Waals surface area contributed by atoms with Crippen molar-refractivity contribution in [2.24, 2.45) is 0 Å². The Bertz CT molecular complexity index is 1210. The van der Waals surface area contributed by atoms with Crippen LogP contribution in [0.25, 0.3) is 22.3 Å². The lowest BCUT2D eigenvalue weighted by Gasteiger charge is -2.13. The lowest BCUT2D eigenvalue weighted by Crippen LogP contribution is -2.15. The van der Waals surface area contributed by atoms with Gasteiger partial charge in [-0.2, -0.15) is 10.1 Å². The molecule has 0 fully saturated rings. The highest BCUT2D eigenvalue weighted by Gasteiger charge is 2.18. The van der Waals surface area contributed by atoms with Crippen molar-refractivity contribution in [1.82, 2.24) is 15.2 Å². The number of nitrogens with zero attached hydrogens (tertiary/aromatic N) is 2. The number of aliphatic hydroxyl groups is 1. The van der Waals surface area contributed by atoms with Crippen molar-refractivity contribution >= 4 is 28.3 Å². The smallest absolute Gasteiger partial charge is 0.223 e. The third-order valence-electron chi connectivity index (χ3n) is 4.34. The highest BCUT2D eigenvalue weighted by molar-refractivity contribution is 6.33. The van der Waals surface area contributed by atoms with E-state index >= 15 is 0 Å². The summed E-state index contributed by atoms with van der Waals surface area (Å²) in [6.07, 6.45) is -0.622. The van der Waals surface area contributed by atoms with Gasteiger partial charge in [0, 0.05) is 29.3 Å². The van der Waals surface area contributed by atoms with Crippen LogP contribution in [-0.4, -0.2) is 32.9 Å². The number of nitrogens with one attached hydrogen (secondary N) is 2. The van der Waals surface area contributed by atoms with Gasteiger partial charge in [-0.1, -0.05) is 29.8 Å². The normalized spacial score (nSPS) is 12.2. The number of fused-ring (bicyclic) bond motifs is 1. The molecule has 6 nitrogen and oxygen atoms in total. The van der Waals surface area contributed by atoms with Gasteiger partial charge in [-0.15, -0.1) is 0 Å². The Hall–Kier alpha value is -3.23. The van der Waals surface area contributed by atoms with E-state index in [0.717, 1.165) is 17.7 Å². The van der Waals surface area contributed by atoms with Gasteiger partial charge >= 0.3 is 0 Å². The molecule has 0 spiro atoms. The van der Waals surface area contributed by atoms with Crippen LogP contribution in [0.1, 0.15) is 6.92 Å². The molecule has 0 saturated heterocycles. The van der Waals surface area contributed by atoms with Crippen molar-refractivity contribution in [3.05, 3.63) is 65.2 Å². The number of aliphatic hydroxyl groups excluding tert-OH is 1. The molecule has 0 amide bonds. The molecule has 2 aromatic heterocycles. The molecule has 0 aliphatic rings. The zero-order valence-corrected chi connectivity index (χ0v) is 16.5. The van der Waals surface area contributed by atoms with Crippen LogP contribution in [0.15, 0.2) is 48.5 Å². The van der Waals surface area contributed by atoms with Crippen molar-refractivity contribution in [3.63, 3.8) is 0 Å². The van der Waals surface area contributed by atoms with E-state index in [1.165, 1.54) is 6.07 Å². The van der Waals surface area contributed by atoms with E-state index in [0.29, 0.717) is 27.4 Å². The largest absolute Gasteiger partial charge is 0.436 e. The Balaban J connectivity index is 1.82. The van der Waals surface area contributed by atoms with Gasteiger partial charge in [0.15, 0.2) is 17.2 Å². The summed E-state index contributed by atoms with van der Waals surface area (Å²) >= 11 is 6.34. The van der Waals surface area contributed by atoms with Crippen molar-refractivity contribution in [2.75, 3.05) is 11.9 Å². The van der Waals surface area contributed by atoms with Crippen molar-refractivity contribution in [3.8, 4) is 22.9 Å². The first-order valence-electron chi connectivity index (χ1n) is 9.11. The van der Waals surface area contributed by atoms with Gasteiger partial charge in [-0.3, -0.25) is 5.10 Å². The zero-order valence-electron chi connectivity index (χ0n) is 15.8. The molecule has 2 aromatic carbocycles. The van der Waals surface area contributed by atoms with Crippen LogP contribution >= 0.6 is 11.6 Å². The monoisotopic (exact) mass is 430 g/mol. The maximum Gasteiger partial charge on any atom is 0.223 e. The quantitative estimate of drug-likeness (QED) is 0.394. The average molecular weight is 431 g/mol. The second-order valence-electron chi connectivity index (χ2n) is 6.69. The van der Waals surface area contributed by atoms with Crippen LogP contribution in [0.2, 0.25) is 5.02 Å². The maximum absolute atomic E-state index is 14.0. The number of ether oxygens (including phenoxy) is 1. The predicted molar refractivity (Wildman–Crippen MR) is 111 cm³/mol. The molecular weight excluding hydrogens is 414 g/mol. The summed E-state index contributed by atoms with van der Waals surface area (Å²) in [5, 5.41) is 21.1. The molecule has 0 unspecified atom stereocenters. The Morgan fingerprint density at radius 2 is 2.00 bits per heavy atom. The van der Waals surface area contributed by atoms with Gasteiger partial charge in [-0.05, 0) is 25.1 Å². The second-order valence-corrected chi connectivity index (χ2v) is 7.10. The minimum atomic E-state index is -0.853. The van der Waals surface area contributed by atoms with Gasteiger partial charge in [0.25, 0.3) is 0 Å². The summed E-state index contributed by atoms with van der Waals surface area (Å²) in [5.74, 6) is -1.68. The topological polar surface area (TPSA) is 83.1 Å². The Morgan fingerprint density at radius 3 is 2.73 bits per heavy atom. The first-order valence-corrected chi connectivity index (χ1v) is 9.49. The standard InChI is InChI=1S/C21H17ClF2N4O2/c1-11(29)10-25-16-9-18(30-17-7-6-12(23)8-15(17)24)26-21-19(16)20(27-28-21)13-4-2-3-5-14(13)22/h2-9,11,29H,10H2,1H3,(H2,25,26,27,28)/t11-/m0/s1. The molecule has 0 aliphatic heterocycles. The molecule has 1 atom stereocenters. The fourth-order valence-corrected chi connectivity index (χ4v) is 3.21. The van der Waals surface area contributed by atoms with E-state index in [1.807, 2.05) is 18.2 Å². The van der Waals surface area contributed by atoms with E-state index in [-0.39, 0.29) is 18.2 Å². The summed E-state index contributed by atoms with van der Waals surface area (Å²) in [7, 11) is 0. The van der Waals surface area contributed by atoms with Crippen molar-refractivity contribution in [1.29, 1.82) is 0 Å². The number of anilines is 1. The number of halogens is 3. The molecule has 4 rings (SSSR count). The number of H-pyrrole nitrogens is 1. The SMILES string of the molecule is C[C@H](O)CNc1cc(Oc2ccc(F)cc2F)nc2n[nH]c(-c3ccccc3Cl)c12. The van der Waals surface area contributed by atoms with E-state index in [4.69, 9.17) is 16.3 Å². The number of aromatic nitrogens is 3. The van der Waals surface area contributed by atoms with Gasteiger partial charge in [0.2, 0.25) is 5.88 Å². The second kappa shape index (κ2) is 8.25. The van der Waals surface area contributed by atoms with E-state index < -0.39 is 17.7 Å². The van der Waals surface area contributed by atoms with Crippen molar-refractivity contribution < 1.29 is 18.6 Å². The Labute approximate surface area is 175 Å². The molecular formula is C21H17ClF2N4O2. The van der Waals surface area contributed by atoms with Crippen LogP contribution in [0.4, 0.5) is 14.5 Å². The van der Waals surface area contributed by atoms with Crippen LogP contribution < -0.4 is 10.1 Å². The first kappa shape index (κ1) is 20.1. The number of hydrogen-bond donors (Lipinski definition) is 3. The number of rotatable bonds is 6. The summed E-state index contributed by atoms with van der Waals surface area (Å²) in [4.78, 5) is 4.33. The number of hydrogen-bond acceptors (Lipinski definition) is 5. The Morgan fingerprint density at radius 1 is 1.20 bits per heavy atom. The third kappa shape index (κ3) is 4.05. The number of aromatic amines is 1. The van der Waals surface area contributed by atoms with E-state index in [1.54, 1.807) is 19.1 Å².